The van der Waals surface area contributed by atoms with E-state index in [-0.39, 0.29) is 40.7 Å². The molecule has 1 unspecified atom stereocenters. The highest BCUT2D eigenvalue weighted by Gasteiger charge is 2.29. The Bertz CT molecular complexity index is 1480. The van der Waals surface area contributed by atoms with E-state index in [0.717, 1.165) is 17.5 Å². The smallest absolute Gasteiger partial charge is 0.407 e. The molecule has 1 aliphatic carbocycles. The van der Waals surface area contributed by atoms with Gasteiger partial charge in [0.1, 0.15) is 0 Å². The van der Waals surface area contributed by atoms with Crippen LogP contribution in [-0.2, 0) is 16.4 Å². The lowest BCUT2D eigenvalue weighted by Gasteiger charge is -2.15. The molecule has 0 bridgehead atoms. The topological polar surface area (TPSA) is 168 Å². The molecule has 1 aliphatic heterocycles. The number of nitrogens with zero attached hydrogens (tertiary/aromatic N) is 3. The van der Waals surface area contributed by atoms with Crippen molar-refractivity contribution < 1.29 is 23.1 Å². The van der Waals surface area contributed by atoms with Gasteiger partial charge in [-0.3, -0.25) is 4.79 Å². The molecule has 0 radical (unpaired) electrons. The summed E-state index contributed by atoms with van der Waals surface area (Å²) in [5.74, 6) is -0.658. The molecule has 12 heteroatoms. The molecular formula is C25H26N6O5S. The third-order valence-corrected chi connectivity index (χ3v) is 8.15. The van der Waals surface area contributed by atoms with Crippen molar-refractivity contribution in [2.45, 2.75) is 36.2 Å². The van der Waals surface area contributed by atoms with E-state index in [0.29, 0.717) is 24.9 Å². The van der Waals surface area contributed by atoms with Crippen LogP contribution >= 0.6 is 0 Å². The Hall–Kier alpha value is -4.03. The van der Waals surface area contributed by atoms with Gasteiger partial charge in [0.2, 0.25) is 10.0 Å². The second-order valence-corrected chi connectivity index (χ2v) is 10.8. The molecule has 1 aromatic heterocycles. The molecule has 2 atom stereocenters. The number of nitrogens with two attached hydrogens (primary N) is 1. The lowest BCUT2D eigenvalue weighted by atomic mass is 10.1. The lowest BCUT2D eigenvalue weighted by molar-refractivity contribution is 0.0931. The molecule has 11 nitrogen and oxygen atoms in total. The van der Waals surface area contributed by atoms with Gasteiger partial charge in [-0.15, -0.1) is 0 Å². The number of benzene rings is 2. The van der Waals surface area contributed by atoms with Crippen LogP contribution in [0.1, 0.15) is 40.5 Å². The summed E-state index contributed by atoms with van der Waals surface area (Å²) in [4.78, 5) is 33.7. The Morgan fingerprint density at radius 1 is 1.11 bits per heavy atom. The van der Waals surface area contributed by atoms with E-state index in [1.165, 1.54) is 23.2 Å². The maximum Gasteiger partial charge on any atom is 0.407 e. The number of hydrogen-bond acceptors (Lipinski definition) is 7. The van der Waals surface area contributed by atoms with Crippen molar-refractivity contribution in [3.63, 3.8) is 0 Å². The van der Waals surface area contributed by atoms with Crippen molar-refractivity contribution in [1.29, 1.82) is 0 Å². The Labute approximate surface area is 213 Å². The number of nitrogen functional groups attached to an aromatic ring is 1. The summed E-state index contributed by atoms with van der Waals surface area (Å²) in [5.41, 5.74) is 8.65. The minimum Gasteiger partial charge on any atom is -0.465 e. The second kappa shape index (κ2) is 9.79. The number of carbonyl (C=O) groups is 2. The lowest BCUT2D eigenvalue weighted by Crippen LogP contribution is -2.38. The summed E-state index contributed by atoms with van der Waals surface area (Å²) in [6.07, 6.45) is 2.30. The molecule has 2 heterocycles. The van der Waals surface area contributed by atoms with Crippen LogP contribution in [0, 0.1) is 0 Å². The molecule has 3 aromatic rings. The molecule has 192 valence electrons. The van der Waals surface area contributed by atoms with Gasteiger partial charge in [-0.2, -0.15) is 0 Å². The summed E-state index contributed by atoms with van der Waals surface area (Å²) in [6.45, 7) is 0.496. The fourth-order valence-electron chi connectivity index (χ4n) is 4.77. The zero-order valence-electron chi connectivity index (χ0n) is 19.8. The molecule has 2 aliphatic rings. The van der Waals surface area contributed by atoms with E-state index in [1.807, 2.05) is 24.3 Å². The number of sulfonamides is 1. The van der Waals surface area contributed by atoms with Crippen molar-refractivity contribution in [2.24, 2.45) is 0 Å². The zero-order valence-corrected chi connectivity index (χ0v) is 20.6. The van der Waals surface area contributed by atoms with Gasteiger partial charge in [0.15, 0.2) is 11.5 Å². The average molecular weight is 523 g/mol. The van der Waals surface area contributed by atoms with Gasteiger partial charge in [0.05, 0.1) is 16.8 Å². The summed E-state index contributed by atoms with van der Waals surface area (Å²) in [7, 11) is -3.83. The highest BCUT2D eigenvalue weighted by Crippen LogP contribution is 2.32. The van der Waals surface area contributed by atoms with Crippen LogP contribution < -0.4 is 15.8 Å². The van der Waals surface area contributed by atoms with Crippen molar-refractivity contribution in [3.8, 4) is 11.3 Å². The van der Waals surface area contributed by atoms with Crippen molar-refractivity contribution in [1.82, 2.24) is 24.9 Å². The number of aryl methyl sites for hydroxylation is 1. The first-order chi connectivity index (χ1) is 17.7. The van der Waals surface area contributed by atoms with Crippen LogP contribution in [-0.4, -0.2) is 59.5 Å². The van der Waals surface area contributed by atoms with E-state index in [9.17, 15) is 18.0 Å². The maximum atomic E-state index is 13.2. The summed E-state index contributed by atoms with van der Waals surface area (Å²) >= 11 is 0. The third-order valence-electron chi connectivity index (χ3n) is 6.68. The number of fused-ring (bicyclic) bond motifs is 1. The average Bonchev–Trinajstić information content (AvgIpc) is 3.52. The van der Waals surface area contributed by atoms with Gasteiger partial charge in [-0.1, -0.05) is 36.4 Å². The first-order valence-electron chi connectivity index (χ1n) is 11.8. The summed E-state index contributed by atoms with van der Waals surface area (Å²) < 4.78 is 29.2. The number of nitrogens with one attached hydrogen (secondary N) is 2. The minimum absolute atomic E-state index is 0.0683. The zero-order chi connectivity index (χ0) is 26.2. The predicted octanol–water partition coefficient (Wildman–Crippen LogP) is 2.17. The van der Waals surface area contributed by atoms with Gasteiger partial charge >= 0.3 is 6.09 Å². The number of rotatable bonds is 6. The number of carboxylic acid groups (broad SMARTS) is 1. The molecular weight excluding hydrogens is 496 g/mol. The highest BCUT2D eigenvalue weighted by molar-refractivity contribution is 7.89. The standard InChI is InChI=1S/C25H26N6O5S/c26-23-22(24(32)28-17-10-11-31(14-17)25(33)34)29-21(13-27-23)16-5-3-6-18(12-16)37(35,36)30-20-9-8-15-4-1-2-7-19(15)20/h1-7,12-13,17,20,30H,8-11,14H2,(H2,26,27)(H,28,32)(H,33,34)/t17-,20?/m0/s1. The summed E-state index contributed by atoms with van der Waals surface area (Å²) in [6, 6.07) is 13.4. The number of likely N-dealkylation sites (tertiary alicyclic amines) is 1. The maximum absolute atomic E-state index is 13.2. The van der Waals surface area contributed by atoms with Crippen molar-refractivity contribution >= 4 is 27.8 Å². The van der Waals surface area contributed by atoms with Crippen LogP contribution in [0.3, 0.4) is 0 Å². The minimum atomic E-state index is -3.83. The number of anilines is 1. The van der Waals surface area contributed by atoms with Gasteiger partial charge in [0.25, 0.3) is 5.91 Å². The molecule has 5 N–H and O–H groups in total. The van der Waals surface area contributed by atoms with Crippen molar-refractivity contribution in [3.05, 3.63) is 71.5 Å². The molecule has 37 heavy (non-hydrogen) atoms. The van der Waals surface area contributed by atoms with E-state index in [1.54, 1.807) is 12.1 Å². The first-order valence-corrected chi connectivity index (χ1v) is 13.3. The van der Waals surface area contributed by atoms with Gasteiger partial charge in [0, 0.05) is 30.7 Å². The number of aromatic nitrogens is 2. The Morgan fingerprint density at radius 2 is 1.92 bits per heavy atom. The van der Waals surface area contributed by atoms with E-state index in [2.05, 4.69) is 20.0 Å². The molecule has 2 amide bonds. The van der Waals surface area contributed by atoms with Crippen LogP contribution in [0.4, 0.5) is 10.6 Å². The van der Waals surface area contributed by atoms with Gasteiger partial charge in [-0.05, 0) is 42.5 Å². The molecule has 2 aromatic carbocycles. The molecule has 1 saturated heterocycles. The predicted molar refractivity (Wildman–Crippen MR) is 135 cm³/mol. The number of carbonyl (C=O) groups excluding carboxylic acids is 1. The Balaban J connectivity index is 1.35. The van der Waals surface area contributed by atoms with Crippen molar-refractivity contribution in [2.75, 3.05) is 18.8 Å². The summed E-state index contributed by atoms with van der Waals surface area (Å²) in [5, 5.41) is 11.9. The van der Waals surface area contributed by atoms with Crippen LogP contribution in [0.25, 0.3) is 11.3 Å². The van der Waals surface area contributed by atoms with E-state index >= 15 is 0 Å². The highest BCUT2D eigenvalue weighted by atomic mass is 32.2. The van der Waals surface area contributed by atoms with E-state index in [4.69, 9.17) is 10.8 Å². The van der Waals surface area contributed by atoms with E-state index < -0.39 is 22.0 Å². The normalized spacial score (nSPS) is 19.0. The van der Waals surface area contributed by atoms with Crippen LogP contribution in [0.2, 0.25) is 0 Å². The number of amides is 2. The molecule has 0 spiro atoms. The largest absolute Gasteiger partial charge is 0.465 e. The number of hydrogen-bond donors (Lipinski definition) is 4. The first kappa shape index (κ1) is 24.7. The molecule has 1 fully saturated rings. The Kier molecular flexibility index (Phi) is 6.52. The fourth-order valence-corrected chi connectivity index (χ4v) is 6.06. The molecule has 0 saturated carbocycles. The Morgan fingerprint density at radius 3 is 2.70 bits per heavy atom. The van der Waals surface area contributed by atoms with Crippen LogP contribution in [0.5, 0.6) is 0 Å². The quantitative estimate of drug-likeness (QED) is 0.382. The SMILES string of the molecule is Nc1ncc(-c2cccc(S(=O)(=O)NC3CCc4ccccc43)c2)nc1C(=O)N[C@H]1CCN(C(=O)O)C1. The fraction of sp³-hybridized carbons (Fsp3) is 0.280. The third kappa shape index (κ3) is 5.11. The van der Waals surface area contributed by atoms with Gasteiger partial charge in [-0.25, -0.2) is 27.9 Å². The van der Waals surface area contributed by atoms with Crippen LogP contribution in [0.15, 0.2) is 59.6 Å². The monoisotopic (exact) mass is 522 g/mol. The second-order valence-electron chi connectivity index (χ2n) is 9.12. The van der Waals surface area contributed by atoms with Gasteiger partial charge < -0.3 is 21.1 Å². The molecule has 5 rings (SSSR count).